The van der Waals surface area contributed by atoms with Gasteiger partial charge in [0, 0.05) is 36.5 Å². The largest absolute Gasteiger partial charge is 0.353 e. The normalized spacial score (nSPS) is 14.8. The molecule has 0 amide bonds. The van der Waals surface area contributed by atoms with E-state index in [0.29, 0.717) is 24.0 Å². The Morgan fingerprint density at radius 3 is 2.42 bits per heavy atom. The second kappa shape index (κ2) is 9.71. The van der Waals surface area contributed by atoms with Crippen LogP contribution in [0.15, 0.2) is 64.9 Å². The van der Waals surface area contributed by atoms with Gasteiger partial charge in [-0.3, -0.25) is 10.1 Å². The third-order valence-corrected chi connectivity index (χ3v) is 7.61. The van der Waals surface area contributed by atoms with Crippen molar-refractivity contribution in [3.8, 4) is 0 Å². The topological polar surface area (TPSA) is 131 Å². The minimum atomic E-state index is -3.33. The molecule has 10 nitrogen and oxygen atoms in total. The van der Waals surface area contributed by atoms with E-state index in [9.17, 15) is 18.5 Å². The van der Waals surface area contributed by atoms with E-state index in [1.54, 1.807) is 30.1 Å². The molecule has 0 unspecified atom stereocenters. The van der Waals surface area contributed by atoms with Gasteiger partial charge >= 0.3 is 5.69 Å². The summed E-state index contributed by atoms with van der Waals surface area (Å²) in [5.74, 6) is 0.327. The minimum Gasteiger partial charge on any atom is -0.351 e. The van der Waals surface area contributed by atoms with Crippen molar-refractivity contribution in [3.05, 3.63) is 65.1 Å². The predicted molar refractivity (Wildman–Crippen MR) is 127 cm³/mol. The molecule has 1 saturated heterocycles. The highest BCUT2D eigenvalue weighted by atomic mass is 32.2. The van der Waals surface area contributed by atoms with Gasteiger partial charge in [-0.1, -0.05) is 6.07 Å². The summed E-state index contributed by atoms with van der Waals surface area (Å²) in [6, 6.07) is 11.8. The second-order valence-corrected chi connectivity index (χ2v) is 10.9. The minimum absolute atomic E-state index is 0.0575. The van der Waals surface area contributed by atoms with Crippen molar-refractivity contribution in [1.29, 1.82) is 0 Å². The summed E-state index contributed by atoms with van der Waals surface area (Å²) in [4.78, 5) is 26.2. The molecule has 0 bridgehead atoms. The highest BCUT2D eigenvalue weighted by Gasteiger charge is 2.30. The molecule has 0 aliphatic carbocycles. The van der Waals surface area contributed by atoms with Crippen molar-refractivity contribution in [2.45, 2.75) is 28.0 Å². The first-order chi connectivity index (χ1) is 15.8. The fourth-order valence-electron chi connectivity index (χ4n) is 3.56. The van der Waals surface area contributed by atoms with Gasteiger partial charge in [0.15, 0.2) is 9.84 Å². The number of rotatable bonds is 7. The Bertz CT molecular complexity index is 1230. The molecule has 12 heteroatoms. The van der Waals surface area contributed by atoms with Crippen LogP contribution in [-0.4, -0.2) is 52.9 Å². The molecule has 1 aliphatic rings. The summed E-state index contributed by atoms with van der Waals surface area (Å²) < 4.78 is 23.3. The van der Waals surface area contributed by atoms with Crippen LogP contribution < -0.4 is 10.2 Å². The van der Waals surface area contributed by atoms with Gasteiger partial charge in [0.1, 0.15) is 6.33 Å². The Hall–Kier alpha value is -3.25. The van der Waals surface area contributed by atoms with Crippen LogP contribution in [0.3, 0.4) is 0 Å². The van der Waals surface area contributed by atoms with Crippen LogP contribution in [0.1, 0.15) is 12.8 Å². The van der Waals surface area contributed by atoms with Crippen molar-refractivity contribution in [1.82, 2.24) is 15.0 Å². The molecule has 1 N–H and O–H groups in total. The summed E-state index contributed by atoms with van der Waals surface area (Å²) in [5, 5.41) is 16.2. The number of benzene rings is 1. The zero-order valence-corrected chi connectivity index (χ0v) is 19.4. The monoisotopic (exact) mass is 486 g/mol. The molecule has 172 valence electrons. The lowest BCUT2D eigenvalue weighted by atomic mass is 10.1. The van der Waals surface area contributed by atoms with E-state index in [4.69, 9.17) is 0 Å². The molecular formula is C21H22N6O4S2. The number of anilines is 3. The molecular weight excluding hydrogens is 464 g/mol. The summed E-state index contributed by atoms with van der Waals surface area (Å²) in [7, 11) is -3.33. The summed E-state index contributed by atoms with van der Waals surface area (Å²) in [6.07, 6.45) is 5.88. The first-order valence-corrected chi connectivity index (χ1v) is 13.0. The smallest absolute Gasteiger partial charge is 0.351 e. The Kier molecular flexibility index (Phi) is 6.75. The summed E-state index contributed by atoms with van der Waals surface area (Å²) in [6.45, 7) is 1.26. The van der Waals surface area contributed by atoms with Gasteiger partial charge in [0.25, 0.3) is 0 Å². The Morgan fingerprint density at radius 1 is 1.09 bits per heavy atom. The Balaban J connectivity index is 1.50. The zero-order chi connectivity index (χ0) is 23.4. The number of pyridine rings is 1. The Labute approximate surface area is 195 Å². The maximum absolute atomic E-state index is 11.9. The van der Waals surface area contributed by atoms with E-state index in [2.05, 4.69) is 20.3 Å². The van der Waals surface area contributed by atoms with Crippen LogP contribution in [0.25, 0.3) is 0 Å². The highest BCUT2D eigenvalue weighted by molar-refractivity contribution is 7.99. The molecule has 0 saturated carbocycles. The maximum Gasteiger partial charge on any atom is 0.353 e. The molecule has 3 aromatic rings. The SMILES string of the molecule is CS(=O)(=O)c1ccc(Nc2ncnc(N3CCC(Sc4ccccn4)CC3)c2[N+](=O)[O-])cc1. The van der Waals surface area contributed by atoms with E-state index in [1.165, 1.54) is 18.5 Å². The number of hydrogen-bond acceptors (Lipinski definition) is 10. The van der Waals surface area contributed by atoms with Gasteiger partial charge in [0.2, 0.25) is 11.6 Å². The number of nitro groups is 1. The standard InChI is InChI=1S/C21H22N6O4S2/c1-33(30,31)17-7-5-15(6-8-17)25-20-19(27(28)29)21(24-14-23-20)26-12-9-16(10-13-26)32-18-4-2-3-11-22-18/h2-8,11,14,16H,9-10,12-13H2,1H3,(H,23,24,25). The molecule has 0 atom stereocenters. The number of thioether (sulfide) groups is 1. The highest BCUT2D eigenvalue weighted by Crippen LogP contribution is 2.37. The van der Waals surface area contributed by atoms with Crippen molar-refractivity contribution >= 4 is 44.6 Å². The molecule has 0 spiro atoms. The number of nitrogens with zero attached hydrogens (tertiary/aromatic N) is 5. The van der Waals surface area contributed by atoms with Gasteiger partial charge in [-0.2, -0.15) is 0 Å². The van der Waals surface area contributed by atoms with E-state index in [0.717, 1.165) is 24.1 Å². The van der Waals surface area contributed by atoms with Gasteiger partial charge in [-0.05, 0) is 49.2 Å². The van der Waals surface area contributed by atoms with E-state index in [1.807, 2.05) is 23.1 Å². The molecule has 1 fully saturated rings. The van der Waals surface area contributed by atoms with Crippen LogP contribution in [0.2, 0.25) is 0 Å². The predicted octanol–water partition coefficient (Wildman–Crippen LogP) is 3.69. The number of sulfone groups is 1. The fourth-order valence-corrected chi connectivity index (χ4v) is 5.25. The zero-order valence-electron chi connectivity index (χ0n) is 17.8. The lowest BCUT2D eigenvalue weighted by Gasteiger charge is -2.32. The second-order valence-electron chi connectivity index (χ2n) is 7.55. The van der Waals surface area contributed by atoms with Crippen molar-refractivity contribution in [2.24, 2.45) is 0 Å². The van der Waals surface area contributed by atoms with E-state index in [-0.39, 0.29) is 22.2 Å². The summed E-state index contributed by atoms with van der Waals surface area (Å²) >= 11 is 1.72. The van der Waals surface area contributed by atoms with Gasteiger partial charge in [-0.15, -0.1) is 11.8 Å². The number of piperidine rings is 1. The lowest BCUT2D eigenvalue weighted by molar-refractivity contribution is -0.383. The molecule has 1 aromatic carbocycles. The Morgan fingerprint density at radius 2 is 1.82 bits per heavy atom. The van der Waals surface area contributed by atoms with Crippen LogP contribution in [-0.2, 0) is 9.84 Å². The van der Waals surface area contributed by atoms with Crippen LogP contribution in [0.4, 0.5) is 23.0 Å². The van der Waals surface area contributed by atoms with Crippen LogP contribution in [0, 0.1) is 10.1 Å². The average molecular weight is 487 g/mol. The number of nitrogens with one attached hydrogen (secondary N) is 1. The van der Waals surface area contributed by atoms with E-state index < -0.39 is 14.8 Å². The molecule has 3 heterocycles. The first kappa shape index (κ1) is 22.9. The van der Waals surface area contributed by atoms with Crippen LogP contribution >= 0.6 is 11.8 Å². The van der Waals surface area contributed by atoms with Crippen molar-refractivity contribution < 1.29 is 13.3 Å². The van der Waals surface area contributed by atoms with Gasteiger partial charge in [-0.25, -0.2) is 23.4 Å². The van der Waals surface area contributed by atoms with Crippen molar-refractivity contribution in [3.63, 3.8) is 0 Å². The quantitative estimate of drug-likeness (QED) is 0.389. The molecule has 1 aliphatic heterocycles. The molecule has 33 heavy (non-hydrogen) atoms. The maximum atomic E-state index is 11.9. The molecule has 4 rings (SSSR count). The third kappa shape index (κ3) is 5.57. The van der Waals surface area contributed by atoms with Crippen molar-refractivity contribution in [2.75, 3.05) is 29.6 Å². The third-order valence-electron chi connectivity index (χ3n) is 5.20. The molecule has 0 radical (unpaired) electrons. The number of hydrogen-bond donors (Lipinski definition) is 1. The summed E-state index contributed by atoms with van der Waals surface area (Å²) in [5.41, 5.74) is 0.279. The average Bonchev–Trinajstić information content (AvgIpc) is 2.80. The first-order valence-electron chi connectivity index (χ1n) is 10.2. The fraction of sp³-hybridized carbons (Fsp3) is 0.286. The van der Waals surface area contributed by atoms with Gasteiger partial charge < -0.3 is 10.2 Å². The molecule has 2 aromatic heterocycles. The van der Waals surface area contributed by atoms with Gasteiger partial charge in [0.05, 0.1) is 14.8 Å². The van der Waals surface area contributed by atoms with Crippen LogP contribution in [0.5, 0.6) is 0 Å². The van der Waals surface area contributed by atoms with E-state index >= 15 is 0 Å². The lowest BCUT2D eigenvalue weighted by Crippen LogP contribution is -2.36. The number of aromatic nitrogens is 3.